The predicted molar refractivity (Wildman–Crippen MR) is 68.6 cm³/mol. The summed E-state index contributed by atoms with van der Waals surface area (Å²) in [6.07, 6.45) is 2.66. The lowest BCUT2D eigenvalue weighted by Gasteiger charge is -2.07. The van der Waals surface area contributed by atoms with Gasteiger partial charge in [-0.25, -0.2) is 0 Å². The van der Waals surface area contributed by atoms with Crippen LogP contribution in [-0.2, 0) is 7.05 Å². The van der Waals surface area contributed by atoms with E-state index in [1.54, 1.807) is 6.33 Å². The molecular formula is C12H17N5. The quantitative estimate of drug-likeness (QED) is 0.760. The Balaban J connectivity index is 2.14. The predicted octanol–water partition coefficient (Wildman–Crippen LogP) is 1.24. The first-order valence-corrected chi connectivity index (χ1v) is 5.69. The van der Waals surface area contributed by atoms with Crippen molar-refractivity contribution in [2.24, 2.45) is 12.8 Å². The van der Waals surface area contributed by atoms with Gasteiger partial charge >= 0.3 is 0 Å². The molecule has 0 unspecified atom stereocenters. The molecule has 5 heteroatoms. The van der Waals surface area contributed by atoms with Crippen LogP contribution in [0.3, 0.4) is 0 Å². The van der Waals surface area contributed by atoms with E-state index in [2.05, 4.69) is 21.6 Å². The van der Waals surface area contributed by atoms with Gasteiger partial charge in [0, 0.05) is 24.8 Å². The Kier molecular flexibility index (Phi) is 3.72. The van der Waals surface area contributed by atoms with Crippen LogP contribution in [0.2, 0.25) is 0 Å². The van der Waals surface area contributed by atoms with Crippen LogP contribution in [-0.4, -0.2) is 27.9 Å². The molecule has 0 amide bonds. The molecule has 0 spiro atoms. The summed E-state index contributed by atoms with van der Waals surface area (Å²) in [4.78, 5) is 0. The van der Waals surface area contributed by atoms with Crippen molar-refractivity contribution in [3.05, 3.63) is 30.6 Å². The maximum atomic E-state index is 5.46. The van der Waals surface area contributed by atoms with E-state index in [1.165, 1.54) is 0 Å². The number of nitrogens with zero attached hydrogens (tertiary/aromatic N) is 3. The summed E-state index contributed by atoms with van der Waals surface area (Å²) in [7, 11) is 1.93. The second-order valence-corrected chi connectivity index (χ2v) is 3.92. The van der Waals surface area contributed by atoms with Gasteiger partial charge in [0.05, 0.1) is 0 Å². The minimum Gasteiger partial charge on any atom is -0.385 e. The first-order chi connectivity index (χ1) is 8.31. The van der Waals surface area contributed by atoms with Gasteiger partial charge in [0.2, 0.25) is 0 Å². The highest BCUT2D eigenvalue weighted by Gasteiger charge is 2.04. The van der Waals surface area contributed by atoms with Gasteiger partial charge in [0.25, 0.3) is 0 Å². The second-order valence-electron chi connectivity index (χ2n) is 3.92. The zero-order chi connectivity index (χ0) is 12.1. The van der Waals surface area contributed by atoms with Gasteiger partial charge < -0.3 is 15.6 Å². The lowest BCUT2D eigenvalue weighted by molar-refractivity contribution is 0.874. The summed E-state index contributed by atoms with van der Waals surface area (Å²) in [6.45, 7) is 1.59. The smallest absolute Gasteiger partial charge is 0.163 e. The topological polar surface area (TPSA) is 68.8 Å². The van der Waals surface area contributed by atoms with Crippen LogP contribution in [0.5, 0.6) is 0 Å². The average molecular weight is 231 g/mol. The van der Waals surface area contributed by atoms with Crippen molar-refractivity contribution in [3.63, 3.8) is 0 Å². The molecule has 0 aliphatic heterocycles. The molecule has 0 saturated carbocycles. The van der Waals surface area contributed by atoms with Crippen molar-refractivity contribution < 1.29 is 0 Å². The van der Waals surface area contributed by atoms with Crippen LogP contribution >= 0.6 is 0 Å². The first kappa shape index (κ1) is 11.6. The van der Waals surface area contributed by atoms with Gasteiger partial charge in [-0.2, -0.15) is 0 Å². The summed E-state index contributed by atoms with van der Waals surface area (Å²) < 4.78 is 1.90. The first-order valence-electron chi connectivity index (χ1n) is 5.69. The lowest BCUT2D eigenvalue weighted by Crippen LogP contribution is -2.08. The van der Waals surface area contributed by atoms with Crippen LogP contribution in [0.1, 0.15) is 6.42 Å². The Hall–Kier alpha value is -1.88. The molecule has 1 aromatic heterocycles. The van der Waals surface area contributed by atoms with Crippen molar-refractivity contribution in [1.82, 2.24) is 14.8 Å². The molecule has 0 atom stereocenters. The monoisotopic (exact) mass is 231 g/mol. The highest BCUT2D eigenvalue weighted by atomic mass is 15.2. The maximum Gasteiger partial charge on any atom is 0.163 e. The Bertz CT molecular complexity index is 477. The number of anilines is 1. The minimum absolute atomic E-state index is 0.704. The molecule has 90 valence electrons. The zero-order valence-electron chi connectivity index (χ0n) is 9.93. The number of hydrogen-bond donors (Lipinski definition) is 2. The van der Waals surface area contributed by atoms with Crippen LogP contribution < -0.4 is 11.1 Å². The Labute approximate surface area is 101 Å². The van der Waals surface area contributed by atoms with E-state index < -0.39 is 0 Å². The fourth-order valence-electron chi connectivity index (χ4n) is 1.65. The van der Waals surface area contributed by atoms with Gasteiger partial charge in [-0.1, -0.05) is 12.1 Å². The van der Waals surface area contributed by atoms with Gasteiger partial charge in [0.15, 0.2) is 5.82 Å². The number of aryl methyl sites for hydroxylation is 1. The maximum absolute atomic E-state index is 5.46. The molecule has 0 saturated heterocycles. The lowest BCUT2D eigenvalue weighted by atomic mass is 10.2. The van der Waals surface area contributed by atoms with Crippen molar-refractivity contribution in [3.8, 4) is 11.4 Å². The molecule has 0 aliphatic rings. The molecule has 0 radical (unpaired) electrons. The molecule has 1 heterocycles. The zero-order valence-corrected chi connectivity index (χ0v) is 9.93. The van der Waals surface area contributed by atoms with Crippen molar-refractivity contribution >= 4 is 5.69 Å². The average Bonchev–Trinajstić information content (AvgIpc) is 2.76. The largest absolute Gasteiger partial charge is 0.385 e. The number of nitrogens with one attached hydrogen (secondary N) is 1. The Morgan fingerprint density at radius 2 is 2.29 bits per heavy atom. The van der Waals surface area contributed by atoms with Gasteiger partial charge in [-0.15, -0.1) is 10.2 Å². The van der Waals surface area contributed by atoms with Gasteiger partial charge in [-0.05, 0) is 25.1 Å². The standard InChI is InChI=1S/C12H17N5/c1-17-9-15-16-12(17)10-4-2-5-11(8-10)14-7-3-6-13/h2,4-5,8-9,14H,3,6-7,13H2,1H3. The number of rotatable bonds is 5. The number of nitrogens with two attached hydrogens (primary N) is 1. The van der Waals surface area contributed by atoms with E-state index in [1.807, 2.05) is 29.8 Å². The fourth-order valence-corrected chi connectivity index (χ4v) is 1.65. The van der Waals surface area contributed by atoms with E-state index in [-0.39, 0.29) is 0 Å². The molecule has 5 nitrogen and oxygen atoms in total. The minimum atomic E-state index is 0.704. The van der Waals surface area contributed by atoms with E-state index in [9.17, 15) is 0 Å². The van der Waals surface area contributed by atoms with Gasteiger partial charge in [-0.3, -0.25) is 0 Å². The highest BCUT2D eigenvalue weighted by Crippen LogP contribution is 2.19. The SMILES string of the molecule is Cn1cnnc1-c1cccc(NCCCN)c1. The Morgan fingerprint density at radius 1 is 1.41 bits per heavy atom. The summed E-state index contributed by atoms with van der Waals surface area (Å²) in [5.74, 6) is 0.868. The molecule has 2 rings (SSSR count). The molecule has 17 heavy (non-hydrogen) atoms. The van der Waals surface area contributed by atoms with Crippen molar-refractivity contribution in [1.29, 1.82) is 0 Å². The summed E-state index contributed by atoms with van der Waals surface area (Å²) in [6, 6.07) is 8.14. The second kappa shape index (κ2) is 5.45. The van der Waals surface area contributed by atoms with E-state index in [0.29, 0.717) is 6.54 Å². The molecule has 1 aromatic carbocycles. The number of hydrogen-bond acceptors (Lipinski definition) is 4. The number of benzene rings is 1. The summed E-state index contributed by atoms with van der Waals surface area (Å²) in [5, 5.41) is 11.3. The van der Waals surface area contributed by atoms with Crippen LogP contribution in [0.25, 0.3) is 11.4 Å². The fraction of sp³-hybridized carbons (Fsp3) is 0.333. The van der Waals surface area contributed by atoms with E-state index in [0.717, 1.165) is 30.0 Å². The van der Waals surface area contributed by atoms with Crippen LogP contribution in [0, 0.1) is 0 Å². The third-order valence-corrected chi connectivity index (χ3v) is 2.54. The molecule has 0 bridgehead atoms. The van der Waals surface area contributed by atoms with Crippen LogP contribution in [0.15, 0.2) is 30.6 Å². The molecule has 2 aromatic rings. The third kappa shape index (κ3) is 2.82. The summed E-state index contributed by atoms with van der Waals surface area (Å²) in [5.41, 5.74) is 7.60. The number of aromatic nitrogens is 3. The Morgan fingerprint density at radius 3 is 3.00 bits per heavy atom. The highest BCUT2D eigenvalue weighted by molar-refractivity contribution is 5.62. The van der Waals surface area contributed by atoms with Crippen LogP contribution in [0.4, 0.5) is 5.69 Å². The molecule has 0 fully saturated rings. The van der Waals surface area contributed by atoms with E-state index in [4.69, 9.17) is 5.73 Å². The molecule has 0 aliphatic carbocycles. The van der Waals surface area contributed by atoms with E-state index >= 15 is 0 Å². The van der Waals surface area contributed by atoms with Crippen molar-refractivity contribution in [2.75, 3.05) is 18.4 Å². The third-order valence-electron chi connectivity index (χ3n) is 2.54. The molecular weight excluding hydrogens is 214 g/mol. The normalized spacial score (nSPS) is 10.5. The van der Waals surface area contributed by atoms with Crippen molar-refractivity contribution in [2.45, 2.75) is 6.42 Å². The molecule has 3 N–H and O–H groups in total. The summed E-state index contributed by atoms with van der Waals surface area (Å²) >= 11 is 0. The van der Waals surface area contributed by atoms with Gasteiger partial charge in [0.1, 0.15) is 6.33 Å².